The minimum absolute atomic E-state index is 0.287. The van der Waals surface area contributed by atoms with Gasteiger partial charge in [0.05, 0.1) is 6.04 Å². The second-order valence-corrected chi connectivity index (χ2v) is 3.43. The fraction of sp³-hybridized carbons (Fsp3) is 0.625. The number of carbonyl (C=O) groups is 1. The normalized spacial score (nSPS) is 26.0. The molecule has 0 spiro atoms. The number of rotatable bonds is 2. The maximum absolute atomic E-state index is 10.6. The molecular weight excluding hydrogens is 206 g/mol. The van der Waals surface area contributed by atoms with Crippen LogP contribution >= 0.6 is 11.6 Å². The van der Waals surface area contributed by atoms with Gasteiger partial charge in [-0.3, -0.25) is 4.79 Å². The molecule has 0 heterocycles. The minimum Gasteiger partial charge on any atom is -0.458 e. The predicted octanol–water partition coefficient (Wildman–Crippen LogP) is 2.51. The molecule has 14 heavy (non-hydrogen) atoms. The van der Waals surface area contributed by atoms with E-state index >= 15 is 0 Å². The third-order valence-electron chi connectivity index (χ3n) is 1.90. The highest BCUT2D eigenvalue weighted by Gasteiger charge is 2.22. The van der Waals surface area contributed by atoms with E-state index in [0.29, 0.717) is 17.9 Å². The molecule has 0 saturated heterocycles. The first-order valence-corrected chi connectivity index (χ1v) is 4.60. The SMILES string of the molecule is CC(=O)O[C@@H]1C=C(Cl)[C@H](N=[N+]=[N-])CC1. The molecule has 5 nitrogen and oxygen atoms in total. The van der Waals surface area contributed by atoms with Crippen molar-refractivity contribution in [3.63, 3.8) is 0 Å². The van der Waals surface area contributed by atoms with E-state index in [9.17, 15) is 4.79 Å². The van der Waals surface area contributed by atoms with Gasteiger partial charge in [-0.25, -0.2) is 0 Å². The second-order valence-electron chi connectivity index (χ2n) is 3.00. The molecule has 1 aliphatic carbocycles. The lowest BCUT2D eigenvalue weighted by Gasteiger charge is -2.22. The van der Waals surface area contributed by atoms with Crippen molar-refractivity contribution in [2.45, 2.75) is 31.9 Å². The summed E-state index contributed by atoms with van der Waals surface area (Å²) in [7, 11) is 0. The van der Waals surface area contributed by atoms with Crippen molar-refractivity contribution in [2.75, 3.05) is 0 Å². The Hall–Kier alpha value is -1.19. The topological polar surface area (TPSA) is 75.1 Å². The summed E-state index contributed by atoms with van der Waals surface area (Å²) < 4.78 is 4.95. The Kier molecular flexibility index (Phi) is 3.80. The van der Waals surface area contributed by atoms with Gasteiger partial charge >= 0.3 is 5.97 Å². The van der Waals surface area contributed by atoms with Crippen molar-refractivity contribution in [1.82, 2.24) is 0 Å². The Balaban J connectivity index is 2.65. The fourth-order valence-electron chi connectivity index (χ4n) is 1.31. The van der Waals surface area contributed by atoms with Crippen molar-refractivity contribution in [3.05, 3.63) is 21.6 Å². The third kappa shape index (κ3) is 2.94. The average molecular weight is 216 g/mol. The molecule has 0 radical (unpaired) electrons. The van der Waals surface area contributed by atoms with Gasteiger partial charge in [-0.1, -0.05) is 16.7 Å². The molecule has 0 aliphatic heterocycles. The van der Waals surface area contributed by atoms with Crippen molar-refractivity contribution < 1.29 is 9.53 Å². The second kappa shape index (κ2) is 4.88. The highest BCUT2D eigenvalue weighted by molar-refractivity contribution is 6.30. The third-order valence-corrected chi connectivity index (χ3v) is 2.27. The summed E-state index contributed by atoms with van der Waals surface area (Å²) in [6, 6.07) is -0.312. The molecule has 0 aromatic rings. The number of nitrogens with zero attached hydrogens (tertiary/aromatic N) is 3. The van der Waals surface area contributed by atoms with Crippen LogP contribution in [0.4, 0.5) is 0 Å². The molecule has 6 heteroatoms. The van der Waals surface area contributed by atoms with Gasteiger partial charge in [-0.05, 0) is 24.4 Å². The van der Waals surface area contributed by atoms with E-state index in [4.69, 9.17) is 21.9 Å². The molecule has 0 N–H and O–H groups in total. The first-order chi connectivity index (χ1) is 6.63. The van der Waals surface area contributed by atoms with Crippen molar-refractivity contribution >= 4 is 17.6 Å². The maximum Gasteiger partial charge on any atom is 0.303 e. The molecule has 76 valence electrons. The van der Waals surface area contributed by atoms with Gasteiger partial charge in [0.1, 0.15) is 6.10 Å². The highest BCUT2D eigenvalue weighted by Crippen LogP contribution is 2.26. The number of hydrogen-bond donors (Lipinski definition) is 0. The molecule has 0 aromatic heterocycles. The summed E-state index contributed by atoms with van der Waals surface area (Å²) in [5, 5.41) is 3.96. The zero-order chi connectivity index (χ0) is 10.6. The number of azide groups is 1. The summed E-state index contributed by atoms with van der Waals surface area (Å²) in [4.78, 5) is 13.3. The smallest absolute Gasteiger partial charge is 0.303 e. The lowest BCUT2D eigenvalue weighted by Crippen LogP contribution is -2.22. The fourth-order valence-corrected chi connectivity index (χ4v) is 1.61. The lowest BCUT2D eigenvalue weighted by atomic mass is 10.0. The molecule has 0 aromatic carbocycles. The molecule has 0 unspecified atom stereocenters. The summed E-state index contributed by atoms with van der Waals surface area (Å²) >= 11 is 5.84. The Labute approximate surface area is 86.3 Å². The standard InChI is InChI=1S/C8H10ClN3O2/c1-5(13)14-6-2-3-8(11-12-10)7(9)4-6/h4,6,8H,2-3H2,1H3/t6-,8+/m0/s1. The van der Waals surface area contributed by atoms with Crippen LogP contribution in [0.15, 0.2) is 16.2 Å². The van der Waals surface area contributed by atoms with Gasteiger partial charge in [0, 0.05) is 16.9 Å². The van der Waals surface area contributed by atoms with E-state index in [2.05, 4.69) is 10.0 Å². The van der Waals surface area contributed by atoms with E-state index in [0.717, 1.165) is 0 Å². The molecule has 2 atom stereocenters. The average Bonchev–Trinajstić information content (AvgIpc) is 2.09. The number of esters is 1. The lowest BCUT2D eigenvalue weighted by molar-refractivity contribution is -0.144. The van der Waals surface area contributed by atoms with Crippen LogP contribution < -0.4 is 0 Å². The van der Waals surface area contributed by atoms with Gasteiger partial charge in [-0.15, -0.1) is 0 Å². The van der Waals surface area contributed by atoms with Crippen LogP contribution in [-0.4, -0.2) is 18.1 Å². The van der Waals surface area contributed by atoms with E-state index in [1.807, 2.05) is 0 Å². The van der Waals surface area contributed by atoms with Gasteiger partial charge in [-0.2, -0.15) is 0 Å². The number of carbonyl (C=O) groups excluding carboxylic acids is 1. The Bertz CT molecular complexity index is 310. The first kappa shape index (κ1) is 10.9. The Morgan fingerprint density at radius 1 is 1.79 bits per heavy atom. The zero-order valence-corrected chi connectivity index (χ0v) is 8.44. The summed E-state index contributed by atoms with van der Waals surface area (Å²) in [6.07, 6.45) is 2.58. The molecular formula is C8H10ClN3O2. The van der Waals surface area contributed by atoms with Gasteiger partial charge in [0.25, 0.3) is 0 Å². The van der Waals surface area contributed by atoms with E-state index in [-0.39, 0.29) is 18.1 Å². The summed E-state index contributed by atoms with van der Waals surface area (Å²) in [5.74, 6) is -0.335. The molecule has 0 bridgehead atoms. The Morgan fingerprint density at radius 3 is 3.00 bits per heavy atom. The molecule has 0 amide bonds. The maximum atomic E-state index is 10.6. The number of ether oxygens (including phenoxy) is 1. The number of halogens is 1. The van der Waals surface area contributed by atoms with Crippen LogP contribution in [0.3, 0.4) is 0 Å². The molecule has 0 fully saturated rings. The van der Waals surface area contributed by atoms with Gasteiger partial charge in [0.2, 0.25) is 0 Å². The predicted molar refractivity (Wildman–Crippen MR) is 51.7 cm³/mol. The minimum atomic E-state index is -0.335. The van der Waals surface area contributed by atoms with Crippen molar-refractivity contribution in [1.29, 1.82) is 0 Å². The zero-order valence-electron chi connectivity index (χ0n) is 7.68. The van der Waals surface area contributed by atoms with E-state index in [1.165, 1.54) is 6.92 Å². The van der Waals surface area contributed by atoms with Crippen LogP contribution in [0.2, 0.25) is 0 Å². The number of hydrogen-bond acceptors (Lipinski definition) is 3. The van der Waals surface area contributed by atoms with Crippen LogP contribution in [0.25, 0.3) is 10.4 Å². The highest BCUT2D eigenvalue weighted by atomic mass is 35.5. The van der Waals surface area contributed by atoms with Gasteiger partial charge < -0.3 is 4.74 Å². The molecule has 0 saturated carbocycles. The largest absolute Gasteiger partial charge is 0.458 e. The van der Waals surface area contributed by atoms with E-state index < -0.39 is 0 Å². The van der Waals surface area contributed by atoms with Gasteiger partial charge in [0.15, 0.2) is 0 Å². The quantitative estimate of drug-likeness (QED) is 0.307. The van der Waals surface area contributed by atoms with Crippen LogP contribution in [0.1, 0.15) is 19.8 Å². The molecule has 1 rings (SSSR count). The van der Waals surface area contributed by atoms with Crippen LogP contribution in [-0.2, 0) is 9.53 Å². The summed E-state index contributed by atoms with van der Waals surface area (Å²) in [6.45, 7) is 1.35. The van der Waals surface area contributed by atoms with Crippen LogP contribution in [0, 0.1) is 0 Å². The Morgan fingerprint density at radius 2 is 2.50 bits per heavy atom. The van der Waals surface area contributed by atoms with Crippen molar-refractivity contribution in [3.8, 4) is 0 Å². The van der Waals surface area contributed by atoms with Crippen molar-refractivity contribution in [2.24, 2.45) is 5.11 Å². The first-order valence-electron chi connectivity index (χ1n) is 4.22. The van der Waals surface area contributed by atoms with E-state index in [1.54, 1.807) is 6.08 Å². The van der Waals surface area contributed by atoms with Crippen LogP contribution in [0.5, 0.6) is 0 Å². The summed E-state index contributed by atoms with van der Waals surface area (Å²) in [5.41, 5.74) is 8.23. The monoisotopic (exact) mass is 215 g/mol. The molecule has 1 aliphatic rings.